The summed E-state index contributed by atoms with van der Waals surface area (Å²) in [7, 11) is 0. The topological polar surface area (TPSA) is 39.2 Å². The van der Waals surface area contributed by atoms with Crippen LogP contribution in [0.2, 0.25) is 0 Å². The number of carbonyl (C=O) groups excluding carboxylic acids is 1. The summed E-state index contributed by atoms with van der Waals surface area (Å²) in [5, 5.41) is 1.99. The average Bonchev–Trinajstić information content (AvgIpc) is 3.01. The maximum Gasteiger partial charge on any atom is 0.345 e. The quantitative estimate of drug-likeness (QED) is 0.498. The molecule has 0 saturated carbocycles. The van der Waals surface area contributed by atoms with Gasteiger partial charge in [0.15, 0.2) is 0 Å². The normalized spacial score (nSPS) is 10.3. The van der Waals surface area contributed by atoms with Crippen molar-refractivity contribution in [2.75, 3.05) is 0 Å². The molecular formula is C16H10BrNO2S. The van der Waals surface area contributed by atoms with E-state index in [0.717, 1.165) is 15.0 Å². The second kappa shape index (κ2) is 6.20. The zero-order chi connectivity index (χ0) is 14.7. The fourth-order valence-corrected chi connectivity index (χ4v) is 2.86. The molecule has 0 atom stereocenters. The maximum atomic E-state index is 12.0. The summed E-state index contributed by atoms with van der Waals surface area (Å²) < 4.78 is 6.17. The summed E-state index contributed by atoms with van der Waals surface area (Å²) in [6.07, 6.45) is 1.54. The number of thiophene rings is 1. The predicted molar refractivity (Wildman–Crippen MR) is 86.7 cm³/mol. The van der Waals surface area contributed by atoms with E-state index in [0.29, 0.717) is 11.3 Å². The molecule has 1 aromatic carbocycles. The Morgan fingerprint density at radius 2 is 2.05 bits per heavy atom. The van der Waals surface area contributed by atoms with Crippen LogP contribution in [0.15, 0.2) is 64.6 Å². The van der Waals surface area contributed by atoms with Crippen LogP contribution >= 0.6 is 27.3 Å². The van der Waals surface area contributed by atoms with Crippen LogP contribution in [0.5, 0.6) is 5.75 Å². The van der Waals surface area contributed by atoms with Crippen LogP contribution in [-0.4, -0.2) is 11.0 Å². The summed E-state index contributed by atoms with van der Waals surface area (Å²) in [4.78, 5) is 17.4. The van der Waals surface area contributed by atoms with E-state index in [9.17, 15) is 4.79 Å². The lowest BCUT2D eigenvalue weighted by Crippen LogP contribution is -2.08. The van der Waals surface area contributed by atoms with E-state index in [4.69, 9.17) is 4.74 Å². The Balaban J connectivity index is 1.76. The van der Waals surface area contributed by atoms with Crippen LogP contribution in [0.4, 0.5) is 0 Å². The molecule has 0 amide bonds. The summed E-state index contributed by atoms with van der Waals surface area (Å²) in [6.45, 7) is 0. The molecule has 0 aliphatic carbocycles. The third kappa shape index (κ3) is 3.37. The van der Waals surface area contributed by atoms with E-state index >= 15 is 0 Å². The van der Waals surface area contributed by atoms with Gasteiger partial charge in [-0.1, -0.05) is 28.1 Å². The first-order chi connectivity index (χ1) is 10.2. The van der Waals surface area contributed by atoms with Crippen LogP contribution in [0.1, 0.15) is 10.4 Å². The standard InChI is InChI=1S/C16H10BrNO2S/c17-12-3-1-4-13(9-12)20-16(19)11-6-7-14(18-10-11)15-5-2-8-21-15/h1-10H. The molecule has 2 heterocycles. The average molecular weight is 360 g/mol. The number of pyridine rings is 1. The van der Waals surface area contributed by atoms with Gasteiger partial charge in [0.05, 0.1) is 16.1 Å². The number of carbonyl (C=O) groups is 1. The molecular weight excluding hydrogens is 350 g/mol. The molecule has 0 bridgehead atoms. The van der Waals surface area contributed by atoms with Gasteiger partial charge in [-0.15, -0.1) is 11.3 Å². The lowest BCUT2D eigenvalue weighted by atomic mass is 10.2. The van der Waals surface area contributed by atoms with Crippen molar-refractivity contribution in [1.82, 2.24) is 4.98 Å². The van der Waals surface area contributed by atoms with E-state index in [1.165, 1.54) is 6.20 Å². The van der Waals surface area contributed by atoms with Crippen molar-refractivity contribution in [3.63, 3.8) is 0 Å². The van der Waals surface area contributed by atoms with Gasteiger partial charge in [-0.25, -0.2) is 4.79 Å². The number of esters is 1. The molecule has 3 aromatic rings. The Kier molecular flexibility index (Phi) is 4.13. The Labute approximate surface area is 134 Å². The van der Waals surface area contributed by atoms with E-state index < -0.39 is 5.97 Å². The molecule has 0 aliphatic heterocycles. The number of halogens is 1. The Hall–Kier alpha value is -1.98. The van der Waals surface area contributed by atoms with Crippen molar-refractivity contribution >= 4 is 33.2 Å². The number of hydrogen-bond donors (Lipinski definition) is 0. The van der Waals surface area contributed by atoms with Crippen molar-refractivity contribution in [2.45, 2.75) is 0 Å². The molecule has 21 heavy (non-hydrogen) atoms. The Morgan fingerprint density at radius 1 is 1.14 bits per heavy atom. The van der Waals surface area contributed by atoms with Gasteiger partial charge in [0.2, 0.25) is 0 Å². The largest absolute Gasteiger partial charge is 0.423 e. The van der Waals surface area contributed by atoms with E-state index in [1.54, 1.807) is 29.5 Å². The van der Waals surface area contributed by atoms with Crippen LogP contribution < -0.4 is 4.74 Å². The van der Waals surface area contributed by atoms with Crippen molar-refractivity contribution in [3.8, 4) is 16.3 Å². The SMILES string of the molecule is O=C(Oc1cccc(Br)c1)c1ccc(-c2cccs2)nc1. The van der Waals surface area contributed by atoms with Crippen molar-refractivity contribution in [1.29, 1.82) is 0 Å². The highest BCUT2D eigenvalue weighted by Crippen LogP contribution is 2.23. The van der Waals surface area contributed by atoms with Gasteiger partial charge >= 0.3 is 5.97 Å². The lowest BCUT2D eigenvalue weighted by Gasteiger charge is -2.05. The number of rotatable bonds is 3. The maximum absolute atomic E-state index is 12.0. The van der Waals surface area contributed by atoms with Crippen LogP contribution in [-0.2, 0) is 0 Å². The van der Waals surface area contributed by atoms with Gasteiger partial charge in [0.1, 0.15) is 5.75 Å². The summed E-state index contributed by atoms with van der Waals surface area (Å²) in [5.41, 5.74) is 1.28. The monoisotopic (exact) mass is 359 g/mol. The number of benzene rings is 1. The molecule has 104 valence electrons. The third-order valence-corrected chi connectivity index (χ3v) is 4.17. The first-order valence-electron chi connectivity index (χ1n) is 6.20. The highest BCUT2D eigenvalue weighted by molar-refractivity contribution is 9.10. The predicted octanol–water partition coefficient (Wildman–Crippen LogP) is 4.79. The van der Waals surface area contributed by atoms with E-state index in [2.05, 4.69) is 20.9 Å². The summed E-state index contributed by atoms with van der Waals surface area (Å²) in [5.74, 6) is 0.0787. The second-order valence-electron chi connectivity index (χ2n) is 4.26. The first kappa shape index (κ1) is 14.0. The van der Waals surface area contributed by atoms with Gasteiger partial charge in [-0.2, -0.15) is 0 Å². The van der Waals surface area contributed by atoms with Crippen LogP contribution in [0.25, 0.3) is 10.6 Å². The molecule has 2 aromatic heterocycles. The van der Waals surface area contributed by atoms with Crippen molar-refractivity contribution in [2.24, 2.45) is 0 Å². The summed E-state index contributed by atoms with van der Waals surface area (Å²) >= 11 is 4.95. The number of nitrogens with zero attached hydrogens (tertiary/aromatic N) is 1. The molecule has 3 nitrogen and oxygen atoms in total. The van der Waals surface area contributed by atoms with Gasteiger partial charge in [0, 0.05) is 10.7 Å². The number of ether oxygens (including phenoxy) is 1. The smallest absolute Gasteiger partial charge is 0.345 e. The molecule has 0 spiro atoms. The minimum absolute atomic E-state index is 0.418. The molecule has 0 aliphatic rings. The molecule has 0 fully saturated rings. The van der Waals surface area contributed by atoms with Gasteiger partial charge in [-0.05, 0) is 41.8 Å². The number of hydrogen-bond acceptors (Lipinski definition) is 4. The molecule has 0 saturated heterocycles. The van der Waals surface area contributed by atoms with Gasteiger partial charge in [0.25, 0.3) is 0 Å². The van der Waals surface area contributed by atoms with E-state index in [1.807, 2.05) is 35.7 Å². The van der Waals surface area contributed by atoms with Crippen molar-refractivity contribution in [3.05, 3.63) is 70.1 Å². The second-order valence-corrected chi connectivity index (χ2v) is 6.12. The lowest BCUT2D eigenvalue weighted by molar-refractivity contribution is 0.0734. The minimum atomic E-state index is -0.418. The highest BCUT2D eigenvalue weighted by atomic mass is 79.9. The van der Waals surface area contributed by atoms with Gasteiger partial charge in [-0.3, -0.25) is 4.98 Å². The Bertz CT molecular complexity index is 754. The minimum Gasteiger partial charge on any atom is -0.423 e. The molecule has 0 N–H and O–H groups in total. The Morgan fingerprint density at radius 3 is 2.71 bits per heavy atom. The molecule has 0 radical (unpaired) electrons. The fourth-order valence-electron chi connectivity index (χ4n) is 1.78. The zero-order valence-electron chi connectivity index (χ0n) is 10.8. The third-order valence-electron chi connectivity index (χ3n) is 2.78. The molecule has 5 heteroatoms. The fraction of sp³-hybridized carbons (Fsp3) is 0. The summed E-state index contributed by atoms with van der Waals surface area (Å²) in [6, 6.07) is 14.7. The van der Waals surface area contributed by atoms with E-state index in [-0.39, 0.29) is 0 Å². The van der Waals surface area contributed by atoms with Gasteiger partial charge < -0.3 is 4.74 Å². The van der Waals surface area contributed by atoms with Crippen molar-refractivity contribution < 1.29 is 9.53 Å². The molecule has 3 rings (SSSR count). The van der Waals surface area contributed by atoms with Crippen LogP contribution in [0, 0.1) is 0 Å². The zero-order valence-corrected chi connectivity index (χ0v) is 13.2. The number of aromatic nitrogens is 1. The highest BCUT2D eigenvalue weighted by Gasteiger charge is 2.10. The van der Waals surface area contributed by atoms with Crippen LogP contribution in [0.3, 0.4) is 0 Å². The first-order valence-corrected chi connectivity index (χ1v) is 7.87. The molecule has 0 unspecified atom stereocenters.